The highest BCUT2D eigenvalue weighted by atomic mass is 16.6. The maximum atomic E-state index is 13.9. The summed E-state index contributed by atoms with van der Waals surface area (Å²) in [5, 5.41) is 9.70. The molecule has 1 heterocycles. The van der Waals surface area contributed by atoms with Gasteiger partial charge in [-0.25, -0.2) is 9.69 Å². The summed E-state index contributed by atoms with van der Waals surface area (Å²) in [7, 11) is 0. The zero-order valence-corrected chi connectivity index (χ0v) is 29.2. The standard InChI is InChI=1S/C40H45NO10/c1-27-12-10-17-32(20-27)35(36(44)18-11-19-48-26-34(23-42)49-24-31-15-8-5-9-16-31)22-37(45)38(51-29(3)43)28(2)39(46)41-33(25-50-40(41)47)21-30-13-6-4-7-14-30/h4-10,12-17,20,22,28,33-34,38,42H,11,18-19,21,23-26H2,1-3H3. The maximum Gasteiger partial charge on any atom is 0.416 e. The van der Waals surface area contributed by atoms with E-state index in [2.05, 4.69) is 0 Å². The van der Waals surface area contributed by atoms with Gasteiger partial charge in [0.15, 0.2) is 17.7 Å². The number of allylic oxidation sites excluding steroid dienone is 1. The maximum absolute atomic E-state index is 13.9. The molecule has 1 fully saturated rings. The van der Waals surface area contributed by atoms with Gasteiger partial charge in [0.05, 0.1) is 31.8 Å². The molecule has 4 unspecified atom stereocenters. The molecule has 11 nitrogen and oxygen atoms in total. The number of cyclic esters (lactones) is 1. The first-order chi connectivity index (χ1) is 24.6. The number of aliphatic hydroxyl groups is 1. The quantitative estimate of drug-likeness (QED) is 0.103. The van der Waals surface area contributed by atoms with E-state index >= 15 is 0 Å². The van der Waals surface area contributed by atoms with Crippen molar-refractivity contribution in [1.82, 2.24) is 4.90 Å². The van der Waals surface area contributed by atoms with Gasteiger partial charge in [-0.1, -0.05) is 90.5 Å². The minimum absolute atomic E-state index is 0.0185. The van der Waals surface area contributed by atoms with Crippen molar-refractivity contribution < 1.29 is 48.0 Å². The van der Waals surface area contributed by atoms with Crippen molar-refractivity contribution in [2.75, 3.05) is 26.4 Å². The fraction of sp³-hybridized carbons (Fsp3) is 0.375. The van der Waals surface area contributed by atoms with Gasteiger partial charge in [0, 0.05) is 25.5 Å². The van der Waals surface area contributed by atoms with Crippen molar-refractivity contribution in [2.24, 2.45) is 5.92 Å². The number of ketones is 2. The monoisotopic (exact) mass is 699 g/mol. The molecule has 11 heteroatoms. The number of amides is 2. The first-order valence-corrected chi connectivity index (χ1v) is 17.0. The molecule has 51 heavy (non-hydrogen) atoms. The van der Waals surface area contributed by atoms with Crippen molar-refractivity contribution in [3.05, 3.63) is 113 Å². The summed E-state index contributed by atoms with van der Waals surface area (Å²) < 4.78 is 22.0. The van der Waals surface area contributed by atoms with E-state index in [1.54, 1.807) is 18.2 Å². The number of ether oxygens (including phenoxy) is 4. The summed E-state index contributed by atoms with van der Waals surface area (Å²) in [6.45, 7) is 4.77. The molecule has 4 atom stereocenters. The average Bonchev–Trinajstić information content (AvgIpc) is 3.49. The normalized spacial score (nSPS) is 16.2. The second kappa shape index (κ2) is 19.4. The molecule has 1 N–H and O–H groups in total. The van der Waals surface area contributed by atoms with E-state index in [0.717, 1.165) is 34.6 Å². The number of hydrogen-bond acceptors (Lipinski definition) is 10. The van der Waals surface area contributed by atoms with E-state index in [1.165, 1.54) is 6.92 Å². The lowest BCUT2D eigenvalue weighted by atomic mass is 9.92. The van der Waals surface area contributed by atoms with Crippen LogP contribution in [0, 0.1) is 12.8 Å². The van der Waals surface area contributed by atoms with E-state index in [1.807, 2.05) is 73.7 Å². The third-order valence-electron chi connectivity index (χ3n) is 8.37. The van der Waals surface area contributed by atoms with Crippen LogP contribution in [0.4, 0.5) is 4.79 Å². The Bertz CT molecular complexity index is 1670. The average molecular weight is 700 g/mol. The molecule has 0 aliphatic carbocycles. The summed E-state index contributed by atoms with van der Waals surface area (Å²) >= 11 is 0. The smallest absolute Gasteiger partial charge is 0.416 e. The summed E-state index contributed by atoms with van der Waals surface area (Å²) in [6, 6.07) is 25.3. The minimum Gasteiger partial charge on any atom is -0.453 e. The molecule has 270 valence electrons. The lowest BCUT2D eigenvalue weighted by Crippen LogP contribution is -2.48. The van der Waals surface area contributed by atoms with Crippen LogP contribution in [-0.4, -0.2) is 84.2 Å². The molecule has 0 aromatic heterocycles. The number of rotatable bonds is 19. The molecule has 2 amide bonds. The van der Waals surface area contributed by atoms with Crippen LogP contribution >= 0.6 is 0 Å². The van der Waals surface area contributed by atoms with E-state index in [-0.39, 0.29) is 44.2 Å². The van der Waals surface area contributed by atoms with Gasteiger partial charge in [0.1, 0.15) is 12.7 Å². The number of carbonyl (C=O) groups is 5. The Morgan fingerprint density at radius 3 is 2.31 bits per heavy atom. The van der Waals surface area contributed by atoms with E-state index in [0.29, 0.717) is 25.0 Å². The van der Waals surface area contributed by atoms with Crippen LogP contribution in [0.25, 0.3) is 5.57 Å². The predicted octanol–water partition coefficient (Wildman–Crippen LogP) is 5.05. The first-order valence-electron chi connectivity index (χ1n) is 17.0. The van der Waals surface area contributed by atoms with Gasteiger partial charge in [0.2, 0.25) is 5.91 Å². The van der Waals surface area contributed by atoms with Crippen LogP contribution < -0.4 is 0 Å². The van der Waals surface area contributed by atoms with Gasteiger partial charge in [-0.15, -0.1) is 0 Å². The van der Waals surface area contributed by atoms with Crippen LogP contribution in [0.15, 0.2) is 91.0 Å². The van der Waals surface area contributed by atoms with Crippen LogP contribution in [-0.2, 0) is 51.2 Å². The van der Waals surface area contributed by atoms with Crippen molar-refractivity contribution >= 4 is 35.1 Å². The SMILES string of the molecule is CC(=O)OC(C(=O)C=C(C(=O)CCCOCC(CO)OCc1ccccc1)c1cccc(C)c1)C(C)C(=O)N1C(=O)OCC1Cc1ccccc1. The third kappa shape index (κ3) is 11.5. The fourth-order valence-electron chi connectivity index (χ4n) is 5.69. The number of hydrogen-bond donors (Lipinski definition) is 1. The molecule has 0 spiro atoms. The number of imide groups is 1. The van der Waals surface area contributed by atoms with Crippen LogP contribution in [0.1, 0.15) is 48.9 Å². The zero-order valence-electron chi connectivity index (χ0n) is 29.2. The number of Topliss-reactive ketones (excluding diaryl/α,β-unsaturated/α-hetero) is 1. The van der Waals surface area contributed by atoms with Crippen molar-refractivity contribution in [2.45, 2.75) is 64.9 Å². The Hall–Kier alpha value is -4.97. The summed E-state index contributed by atoms with van der Waals surface area (Å²) in [5.41, 5.74) is 3.27. The summed E-state index contributed by atoms with van der Waals surface area (Å²) in [5.74, 6) is -3.95. The van der Waals surface area contributed by atoms with Gasteiger partial charge in [-0.05, 0) is 49.5 Å². The zero-order chi connectivity index (χ0) is 36.8. The molecule has 1 aliphatic rings. The van der Waals surface area contributed by atoms with Gasteiger partial charge in [0.25, 0.3) is 0 Å². The summed E-state index contributed by atoms with van der Waals surface area (Å²) in [4.78, 5) is 67.1. The van der Waals surface area contributed by atoms with Crippen LogP contribution in [0.5, 0.6) is 0 Å². The van der Waals surface area contributed by atoms with Gasteiger partial charge < -0.3 is 24.1 Å². The largest absolute Gasteiger partial charge is 0.453 e. The third-order valence-corrected chi connectivity index (χ3v) is 8.37. The van der Waals surface area contributed by atoms with Gasteiger partial charge >= 0.3 is 12.1 Å². The second-order valence-corrected chi connectivity index (χ2v) is 12.5. The number of aliphatic hydroxyl groups excluding tert-OH is 1. The Balaban J connectivity index is 1.45. The van der Waals surface area contributed by atoms with Crippen molar-refractivity contribution in [1.29, 1.82) is 0 Å². The number of carbonyl (C=O) groups excluding carboxylic acids is 5. The molecule has 4 rings (SSSR count). The molecule has 3 aromatic carbocycles. The molecule has 0 bridgehead atoms. The molecule has 3 aromatic rings. The van der Waals surface area contributed by atoms with Crippen LogP contribution in [0.2, 0.25) is 0 Å². The molecule has 1 saturated heterocycles. The Morgan fingerprint density at radius 2 is 1.67 bits per heavy atom. The molecular formula is C40H45NO10. The topological polar surface area (TPSA) is 146 Å². The number of esters is 1. The highest BCUT2D eigenvalue weighted by Gasteiger charge is 2.44. The molecule has 0 radical (unpaired) electrons. The Labute approximate surface area is 298 Å². The summed E-state index contributed by atoms with van der Waals surface area (Å²) in [6.07, 6.45) is -1.21. The number of benzene rings is 3. The van der Waals surface area contributed by atoms with Crippen molar-refractivity contribution in [3.8, 4) is 0 Å². The van der Waals surface area contributed by atoms with E-state index in [4.69, 9.17) is 18.9 Å². The predicted molar refractivity (Wildman–Crippen MR) is 188 cm³/mol. The van der Waals surface area contributed by atoms with Crippen molar-refractivity contribution in [3.63, 3.8) is 0 Å². The number of nitrogens with zero attached hydrogens (tertiary/aromatic N) is 1. The van der Waals surface area contributed by atoms with Crippen LogP contribution in [0.3, 0.4) is 0 Å². The number of aryl methyl sites for hydroxylation is 1. The molecule has 1 aliphatic heterocycles. The van der Waals surface area contributed by atoms with Gasteiger partial charge in [-0.2, -0.15) is 0 Å². The molecule has 0 saturated carbocycles. The Morgan fingerprint density at radius 1 is 0.980 bits per heavy atom. The Kier molecular flexibility index (Phi) is 14.8. The second-order valence-electron chi connectivity index (χ2n) is 12.5. The fourth-order valence-corrected chi connectivity index (χ4v) is 5.69. The molecular weight excluding hydrogens is 654 g/mol. The van der Waals surface area contributed by atoms with E-state index < -0.39 is 47.9 Å². The lowest BCUT2D eigenvalue weighted by Gasteiger charge is -2.26. The highest BCUT2D eigenvalue weighted by molar-refractivity contribution is 6.25. The minimum atomic E-state index is -1.61. The van der Waals surface area contributed by atoms with Gasteiger partial charge in [-0.3, -0.25) is 19.2 Å². The highest BCUT2D eigenvalue weighted by Crippen LogP contribution is 2.25. The van der Waals surface area contributed by atoms with E-state index in [9.17, 15) is 29.1 Å². The lowest BCUT2D eigenvalue weighted by molar-refractivity contribution is -0.158. The first kappa shape index (κ1) is 38.8.